The molecule has 0 aromatic rings. The molecule has 0 aromatic carbocycles. The average Bonchev–Trinajstić information content (AvgIpc) is 3.20. The molecule has 13 heteroatoms. The van der Waals surface area contributed by atoms with Gasteiger partial charge in [-0.25, -0.2) is 0 Å². The van der Waals surface area contributed by atoms with E-state index in [-0.39, 0.29) is 19.4 Å². The van der Waals surface area contributed by atoms with Gasteiger partial charge in [-0.1, -0.05) is 167 Å². The van der Waals surface area contributed by atoms with E-state index < -0.39 is 71.2 Å². The highest BCUT2D eigenvalue weighted by molar-refractivity contribution is 7.85. The van der Waals surface area contributed by atoms with Crippen LogP contribution in [0.3, 0.4) is 0 Å². The van der Waals surface area contributed by atoms with Gasteiger partial charge in [0.25, 0.3) is 10.1 Å². The first-order valence-electron chi connectivity index (χ1n) is 23.4. The molecule has 1 saturated heterocycles. The third-order valence-corrected chi connectivity index (χ3v) is 11.5. The summed E-state index contributed by atoms with van der Waals surface area (Å²) >= 11 is 0. The fraction of sp³-hybridized carbons (Fsp3) is 0.870. The van der Waals surface area contributed by atoms with Crippen molar-refractivity contribution in [2.45, 2.75) is 237 Å². The quantitative estimate of drug-likeness (QED) is 0.0199. The van der Waals surface area contributed by atoms with Crippen LogP contribution >= 0.6 is 0 Å². The molecule has 0 aliphatic carbocycles. The lowest BCUT2D eigenvalue weighted by molar-refractivity contribution is -0.297. The molecular weight excluding hydrogens is 777 g/mol. The van der Waals surface area contributed by atoms with Crippen LogP contribution in [0.5, 0.6) is 0 Å². The summed E-state index contributed by atoms with van der Waals surface area (Å²) in [7, 11) is -4.60. The van der Waals surface area contributed by atoms with Gasteiger partial charge in [0.15, 0.2) is 12.4 Å². The largest absolute Gasteiger partial charge is 0.462 e. The Labute approximate surface area is 358 Å². The fourth-order valence-corrected chi connectivity index (χ4v) is 7.81. The van der Waals surface area contributed by atoms with Gasteiger partial charge in [-0.3, -0.25) is 14.1 Å². The molecule has 4 N–H and O–H groups in total. The van der Waals surface area contributed by atoms with E-state index in [4.69, 9.17) is 18.9 Å². The van der Waals surface area contributed by atoms with E-state index >= 15 is 0 Å². The molecular formula is C46H84O12S. The van der Waals surface area contributed by atoms with Crippen molar-refractivity contribution >= 4 is 22.1 Å². The van der Waals surface area contributed by atoms with E-state index in [0.717, 1.165) is 57.8 Å². The molecule has 0 aromatic heterocycles. The molecule has 0 amide bonds. The Morgan fingerprint density at radius 3 is 1.53 bits per heavy atom. The number of carbonyl (C=O) groups is 2. The molecule has 0 saturated carbocycles. The Morgan fingerprint density at radius 2 is 1.02 bits per heavy atom. The van der Waals surface area contributed by atoms with E-state index in [1.165, 1.54) is 103 Å². The van der Waals surface area contributed by atoms with Crippen LogP contribution in [0.2, 0.25) is 0 Å². The summed E-state index contributed by atoms with van der Waals surface area (Å²) in [6.07, 6.45) is 30.7. The first kappa shape index (κ1) is 55.1. The van der Waals surface area contributed by atoms with Crippen LogP contribution in [0.15, 0.2) is 24.3 Å². The van der Waals surface area contributed by atoms with Crippen LogP contribution in [0.4, 0.5) is 0 Å². The van der Waals surface area contributed by atoms with Crippen molar-refractivity contribution in [3.63, 3.8) is 0 Å². The van der Waals surface area contributed by atoms with Crippen molar-refractivity contribution in [1.29, 1.82) is 0 Å². The van der Waals surface area contributed by atoms with Crippen molar-refractivity contribution in [2.24, 2.45) is 0 Å². The summed E-state index contributed by atoms with van der Waals surface area (Å²) in [5, 5.41) is 30.9. The van der Waals surface area contributed by atoms with Crippen LogP contribution in [-0.2, 0) is 38.7 Å². The third kappa shape index (κ3) is 31.6. The highest BCUT2D eigenvalue weighted by Crippen LogP contribution is 2.24. The lowest BCUT2D eigenvalue weighted by Crippen LogP contribution is -2.60. The minimum absolute atomic E-state index is 0.158. The van der Waals surface area contributed by atoms with Crippen molar-refractivity contribution in [3.05, 3.63) is 24.3 Å². The number of unbranched alkanes of at least 4 members (excludes halogenated alkanes) is 23. The molecule has 1 fully saturated rings. The summed E-state index contributed by atoms with van der Waals surface area (Å²) in [4.78, 5) is 25.4. The number of hydrogen-bond acceptors (Lipinski definition) is 11. The maximum atomic E-state index is 12.8. The number of hydrogen-bond donors (Lipinski definition) is 4. The fourth-order valence-electron chi connectivity index (χ4n) is 7.12. The smallest absolute Gasteiger partial charge is 0.306 e. The maximum absolute atomic E-state index is 12.8. The standard InChI is InChI=1S/C46H84O12S/c1-3-5-7-9-11-13-15-17-19-20-21-23-25-27-29-31-33-35-42(48)57-39(37-56-46-45(51)44(50)43(49)40(58-46)38-59(52,53)54)36-55-41(47)34-32-30-28-26-24-22-18-16-14-12-10-8-6-4-2/h11,13,17,19,39-40,43-46,49-51H,3-10,12,14-16,18,20-38H2,1-2H3,(H,52,53,54)/b13-11-,19-17-. The number of rotatable bonds is 39. The lowest BCUT2D eigenvalue weighted by Gasteiger charge is -2.40. The van der Waals surface area contributed by atoms with E-state index in [2.05, 4.69) is 38.2 Å². The number of ether oxygens (including phenoxy) is 4. The first-order valence-corrected chi connectivity index (χ1v) is 25.0. The molecule has 1 rings (SSSR count). The number of aliphatic hydroxyl groups is 3. The molecule has 346 valence electrons. The molecule has 1 aliphatic rings. The molecule has 59 heavy (non-hydrogen) atoms. The molecule has 1 heterocycles. The zero-order valence-corrected chi connectivity index (χ0v) is 37.7. The van der Waals surface area contributed by atoms with Crippen LogP contribution in [0.1, 0.15) is 200 Å². The maximum Gasteiger partial charge on any atom is 0.306 e. The van der Waals surface area contributed by atoms with Gasteiger partial charge in [-0.05, 0) is 44.9 Å². The van der Waals surface area contributed by atoms with Gasteiger partial charge >= 0.3 is 11.9 Å². The Hall–Kier alpha value is -1.87. The normalized spacial score (nSPS) is 20.4. The Balaban J connectivity index is 2.43. The number of carbonyl (C=O) groups excluding carboxylic acids is 2. The minimum Gasteiger partial charge on any atom is -0.462 e. The van der Waals surface area contributed by atoms with E-state index in [1.54, 1.807) is 0 Å². The molecule has 12 nitrogen and oxygen atoms in total. The summed E-state index contributed by atoms with van der Waals surface area (Å²) < 4.78 is 54.1. The summed E-state index contributed by atoms with van der Waals surface area (Å²) in [5.41, 5.74) is 0. The zero-order chi connectivity index (χ0) is 43.4. The predicted octanol–water partition coefficient (Wildman–Crippen LogP) is 9.62. The molecule has 0 spiro atoms. The average molecular weight is 861 g/mol. The number of esters is 2. The van der Waals surface area contributed by atoms with Crippen molar-refractivity contribution in [3.8, 4) is 0 Å². The van der Waals surface area contributed by atoms with Gasteiger partial charge in [-0.2, -0.15) is 8.42 Å². The van der Waals surface area contributed by atoms with Crippen molar-refractivity contribution < 1.29 is 56.8 Å². The van der Waals surface area contributed by atoms with Crippen LogP contribution < -0.4 is 0 Å². The Morgan fingerprint density at radius 1 is 0.576 bits per heavy atom. The topological polar surface area (TPSA) is 186 Å². The second-order valence-electron chi connectivity index (χ2n) is 16.4. The second-order valence-corrected chi connectivity index (χ2v) is 17.9. The summed E-state index contributed by atoms with van der Waals surface area (Å²) in [5.74, 6) is -1.98. The van der Waals surface area contributed by atoms with Gasteiger partial charge in [0.05, 0.1) is 6.61 Å². The van der Waals surface area contributed by atoms with Gasteiger partial charge in [0, 0.05) is 12.8 Å². The van der Waals surface area contributed by atoms with Gasteiger partial charge in [0.1, 0.15) is 36.8 Å². The van der Waals surface area contributed by atoms with Gasteiger partial charge in [-0.15, -0.1) is 0 Å². The first-order chi connectivity index (χ1) is 28.5. The number of aliphatic hydroxyl groups excluding tert-OH is 3. The Bertz CT molecular complexity index is 1190. The van der Waals surface area contributed by atoms with Gasteiger partial charge in [0.2, 0.25) is 0 Å². The third-order valence-electron chi connectivity index (χ3n) is 10.8. The molecule has 1 aliphatic heterocycles. The van der Waals surface area contributed by atoms with E-state index in [1.807, 2.05) is 0 Å². The van der Waals surface area contributed by atoms with Gasteiger partial charge < -0.3 is 34.3 Å². The summed E-state index contributed by atoms with van der Waals surface area (Å²) in [6.45, 7) is 3.74. The number of allylic oxidation sites excluding steroid dienone is 4. The minimum atomic E-state index is -4.60. The molecule has 6 unspecified atom stereocenters. The van der Waals surface area contributed by atoms with Crippen molar-refractivity contribution in [1.82, 2.24) is 0 Å². The monoisotopic (exact) mass is 861 g/mol. The molecule has 0 bridgehead atoms. The van der Waals surface area contributed by atoms with Crippen LogP contribution in [0.25, 0.3) is 0 Å². The van der Waals surface area contributed by atoms with Crippen LogP contribution in [0, 0.1) is 0 Å². The Kier molecular flexibility index (Phi) is 34.4. The van der Waals surface area contributed by atoms with Crippen molar-refractivity contribution in [2.75, 3.05) is 19.0 Å². The van der Waals surface area contributed by atoms with Crippen LogP contribution in [-0.4, -0.2) is 96.0 Å². The predicted molar refractivity (Wildman–Crippen MR) is 233 cm³/mol. The second kappa shape index (κ2) is 36.8. The van der Waals surface area contributed by atoms with E-state index in [0.29, 0.717) is 12.8 Å². The zero-order valence-electron chi connectivity index (χ0n) is 36.9. The molecule has 6 atom stereocenters. The molecule has 0 radical (unpaired) electrons. The highest BCUT2D eigenvalue weighted by Gasteiger charge is 2.46. The SMILES string of the molecule is CCCCC/C=C\C/C=C\CCCCCCCCCC(=O)OC(COC(=O)CCCCCCCCCCCCCCCC)COC1OC(CS(=O)(=O)O)C(O)C(O)C1O. The highest BCUT2D eigenvalue weighted by atomic mass is 32.2. The van der Waals surface area contributed by atoms with E-state index in [9.17, 15) is 37.9 Å². The lowest BCUT2D eigenvalue weighted by atomic mass is 10.00. The summed E-state index contributed by atoms with van der Waals surface area (Å²) in [6, 6.07) is 0.